The fraction of sp³-hybridized carbons (Fsp3) is 0.250. The van der Waals surface area contributed by atoms with Crippen LogP contribution in [-0.4, -0.2) is 44.2 Å². The molecule has 3 heterocycles. The van der Waals surface area contributed by atoms with Gasteiger partial charge in [-0.1, -0.05) is 80.2 Å². The van der Waals surface area contributed by atoms with E-state index in [-0.39, 0.29) is 30.9 Å². The summed E-state index contributed by atoms with van der Waals surface area (Å²) in [4.78, 5) is 44.1. The third-order valence-electron chi connectivity index (χ3n) is 7.65. The summed E-state index contributed by atoms with van der Waals surface area (Å²) < 4.78 is 11.0. The van der Waals surface area contributed by atoms with Crippen LogP contribution in [0.4, 0.5) is 5.69 Å². The summed E-state index contributed by atoms with van der Waals surface area (Å²) in [7, 11) is 0. The molecule has 11 heteroatoms. The number of ether oxygens (including phenoxy) is 2. The second kappa shape index (κ2) is 14.4. The van der Waals surface area contributed by atoms with Crippen LogP contribution in [0.5, 0.6) is 11.5 Å². The normalized spacial score (nSPS) is 12.6. The molecule has 2 aromatic heterocycles. The van der Waals surface area contributed by atoms with Gasteiger partial charge in [-0.2, -0.15) is 0 Å². The molecule has 0 spiro atoms. The molecule has 240 valence electrons. The summed E-state index contributed by atoms with van der Waals surface area (Å²) in [6.07, 6.45) is 0. The number of amides is 2. The number of nitrogens with one attached hydrogen (secondary N) is 1. The van der Waals surface area contributed by atoms with Gasteiger partial charge < -0.3 is 19.7 Å². The molecule has 0 aliphatic carbocycles. The number of hydrogen-bond acceptors (Lipinski definition) is 9. The standard InChI is InChI=1S/C36H35N5O4S2/c1-22(2)25-10-12-27(13-11-25)34(35(43)39-28-14-15-30-31(17-28)45-21-44-30)41(33(42)20-47-36-37-23(3)16-24(4)38-36)18-32-40-29(19-46-32)26-8-6-5-7-9-26/h5-17,19,22,34H,18,20-21H2,1-4H3,(H,39,43). The van der Waals surface area contributed by atoms with Gasteiger partial charge in [0.1, 0.15) is 11.0 Å². The number of carbonyl (C=O) groups excluding carboxylic acids is 2. The first-order valence-corrected chi connectivity index (χ1v) is 17.1. The van der Waals surface area contributed by atoms with Crippen LogP contribution in [0, 0.1) is 13.8 Å². The van der Waals surface area contributed by atoms with E-state index in [1.54, 1.807) is 23.1 Å². The first kappa shape index (κ1) is 32.2. The van der Waals surface area contributed by atoms with Gasteiger partial charge in [-0.05, 0) is 49.1 Å². The molecule has 1 atom stereocenters. The molecule has 47 heavy (non-hydrogen) atoms. The van der Waals surface area contributed by atoms with Crippen molar-refractivity contribution in [3.63, 3.8) is 0 Å². The molecule has 1 aliphatic heterocycles. The minimum absolute atomic E-state index is 0.0394. The quantitative estimate of drug-likeness (QED) is 0.114. The van der Waals surface area contributed by atoms with Gasteiger partial charge in [-0.25, -0.2) is 15.0 Å². The minimum Gasteiger partial charge on any atom is -0.454 e. The van der Waals surface area contributed by atoms with E-state index in [1.807, 2.05) is 79.9 Å². The van der Waals surface area contributed by atoms with Crippen LogP contribution in [0.2, 0.25) is 0 Å². The summed E-state index contributed by atoms with van der Waals surface area (Å²) in [5.74, 6) is 0.912. The molecular weight excluding hydrogens is 631 g/mol. The van der Waals surface area contributed by atoms with Crippen LogP contribution < -0.4 is 14.8 Å². The smallest absolute Gasteiger partial charge is 0.251 e. The van der Waals surface area contributed by atoms with Crippen LogP contribution in [0.1, 0.15) is 53.3 Å². The molecule has 0 saturated heterocycles. The first-order chi connectivity index (χ1) is 22.7. The zero-order valence-corrected chi connectivity index (χ0v) is 28.2. The van der Waals surface area contributed by atoms with Crippen molar-refractivity contribution < 1.29 is 19.1 Å². The van der Waals surface area contributed by atoms with Gasteiger partial charge in [0, 0.05) is 34.1 Å². The summed E-state index contributed by atoms with van der Waals surface area (Å²) in [5, 5.41) is 6.23. The summed E-state index contributed by atoms with van der Waals surface area (Å²) in [5.41, 5.74) is 5.81. The average Bonchev–Trinajstić information content (AvgIpc) is 3.73. The summed E-state index contributed by atoms with van der Waals surface area (Å²) in [6.45, 7) is 8.30. The molecule has 0 radical (unpaired) electrons. The molecule has 1 N–H and O–H groups in total. The largest absolute Gasteiger partial charge is 0.454 e. The molecule has 3 aromatic carbocycles. The van der Waals surface area contributed by atoms with Crippen LogP contribution in [0.25, 0.3) is 11.3 Å². The monoisotopic (exact) mass is 665 g/mol. The zero-order valence-electron chi connectivity index (χ0n) is 26.6. The number of aromatic nitrogens is 3. The highest BCUT2D eigenvalue weighted by Crippen LogP contribution is 2.35. The van der Waals surface area contributed by atoms with Gasteiger partial charge >= 0.3 is 0 Å². The van der Waals surface area contributed by atoms with Gasteiger partial charge in [0.2, 0.25) is 12.7 Å². The number of nitrogens with zero attached hydrogens (tertiary/aromatic N) is 4. The van der Waals surface area contributed by atoms with Crippen molar-refractivity contribution in [2.45, 2.75) is 51.4 Å². The van der Waals surface area contributed by atoms with E-state index in [0.29, 0.717) is 38.8 Å². The van der Waals surface area contributed by atoms with Gasteiger partial charge in [-0.3, -0.25) is 9.59 Å². The predicted octanol–water partition coefficient (Wildman–Crippen LogP) is 7.57. The lowest BCUT2D eigenvalue weighted by Crippen LogP contribution is -2.41. The Labute approximate surface area is 282 Å². The topological polar surface area (TPSA) is 107 Å². The third-order valence-corrected chi connectivity index (χ3v) is 9.32. The van der Waals surface area contributed by atoms with E-state index in [1.165, 1.54) is 23.1 Å². The Bertz CT molecular complexity index is 1860. The highest BCUT2D eigenvalue weighted by Gasteiger charge is 2.33. The molecule has 0 saturated carbocycles. The highest BCUT2D eigenvalue weighted by molar-refractivity contribution is 7.99. The number of carbonyl (C=O) groups is 2. The molecule has 0 bridgehead atoms. The molecule has 9 nitrogen and oxygen atoms in total. The lowest BCUT2D eigenvalue weighted by Gasteiger charge is -2.31. The van der Waals surface area contributed by atoms with Crippen molar-refractivity contribution >= 4 is 40.6 Å². The van der Waals surface area contributed by atoms with Crippen LogP contribution >= 0.6 is 23.1 Å². The molecule has 2 amide bonds. The van der Waals surface area contributed by atoms with Crippen molar-refractivity contribution in [3.05, 3.63) is 112 Å². The van der Waals surface area contributed by atoms with Gasteiger partial charge in [0.25, 0.3) is 5.91 Å². The number of rotatable bonds is 11. The SMILES string of the molecule is Cc1cc(C)nc(SCC(=O)N(Cc2nc(-c3ccccc3)cs2)C(C(=O)Nc2ccc3c(c2)OCO3)c2ccc(C(C)C)cc2)n1. The Morgan fingerprint density at radius 2 is 1.60 bits per heavy atom. The molecule has 6 rings (SSSR count). The van der Waals surface area contributed by atoms with Gasteiger partial charge in [0.05, 0.1) is 18.0 Å². The molecule has 5 aromatic rings. The lowest BCUT2D eigenvalue weighted by atomic mass is 9.97. The Morgan fingerprint density at radius 1 is 0.894 bits per heavy atom. The van der Waals surface area contributed by atoms with E-state index in [9.17, 15) is 9.59 Å². The van der Waals surface area contributed by atoms with Crippen molar-refractivity contribution in [1.29, 1.82) is 0 Å². The molecular formula is C36H35N5O4S2. The van der Waals surface area contributed by atoms with Gasteiger partial charge in [0.15, 0.2) is 16.7 Å². The molecule has 1 unspecified atom stereocenters. The van der Waals surface area contributed by atoms with E-state index in [2.05, 4.69) is 29.1 Å². The number of thiazole rings is 1. The van der Waals surface area contributed by atoms with E-state index >= 15 is 0 Å². The molecule has 1 aliphatic rings. The number of hydrogen-bond donors (Lipinski definition) is 1. The number of aryl methyl sites for hydroxylation is 2. The van der Waals surface area contributed by atoms with E-state index in [4.69, 9.17) is 14.5 Å². The Hall–Kier alpha value is -4.74. The second-order valence-corrected chi connectivity index (χ2v) is 13.4. The maximum absolute atomic E-state index is 14.3. The van der Waals surface area contributed by atoms with Gasteiger partial charge in [-0.15, -0.1) is 11.3 Å². The van der Waals surface area contributed by atoms with E-state index in [0.717, 1.165) is 28.2 Å². The fourth-order valence-electron chi connectivity index (χ4n) is 5.28. The van der Waals surface area contributed by atoms with Crippen molar-refractivity contribution in [1.82, 2.24) is 19.9 Å². The maximum atomic E-state index is 14.3. The second-order valence-electron chi connectivity index (χ2n) is 11.5. The van der Waals surface area contributed by atoms with Crippen molar-refractivity contribution in [2.75, 3.05) is 17.9 Å². The van der Waals surface area contributed by atoms with Crippen molar-refractivity contribution in [3.8, 4) is 22.8 Å². The van der Waals surface area contributed by atoms with E-state index < -0.39 is 6.04 Å². The average molecular weight is 666 g/mol. The Balaban J connectivity index is 1.36. The van der Waals surface area contributed by atoms with Crippen LogP contribution in [-0.2, 0) is 16.1 Å². The third kappa shape index (κ3) is 7.81. The first-order valence-electron chi connectivity index (χ1n) is 15.3. The highest BCUT2D eigenvalue weighted by atomic mass is 32.2. The van der Waals surface area contributed by atoms with Crippen LogP contribution in [0.15, 0.2) is 89.4 Å². The Kier molecular flexibility index (Phi) is 9.84. The predicted molar refractivity (Wildman–Crippen MR) is 185 cm³/mol. The van der Waals surface area contributed by atoms with Crippen molar-refractivity contribution in [2.24, 2.45) is 0 Å². The lowest BCUT2D eigenvalue weighted by molar-refractivity contribution is -0.137. The number of fused-ring (bicyclic) bond motifs is 1. The number of thioether (sulfide) groups is 1. The minimum atomic E-state index is -0.959. The summed E-state index contributed by atoms with van der Waals surface area (Å²) in [6, 6.07) is 24.0. The summed E-state index contributed by atoms with van der Waals surface area (Å²) >= 11 is 2.71. The number of benzene rings is 3. The zero-order chi connectivity index (χ0) is 32.9. The molecule has 0 fully saturated rings. The number of anilines is 1. The Morgan fingerprint density at radius 3 is 2.32 bits per heavy atom. The fourth-order valence-corrected chi connectivity index (χ4v) is 6.92. The maximum Gasteiger partial charge on any atom is 0.251 e. The van der Waals surface area contributed by atoms with Crippen LogP contribution in [0.3, 0.4) is 0 Å².